The average molecular weight is 311 g/mol. The maximum Gasteiger partial charge on any atom is 0.337 e. The molecule has 1 aromatic carbocycles. The van der Waals surface area contributed by atoms with E-state index in [0.717, 1.165) is 0 Å². The highest BCUT2D eigenvalue weighted by Gasteiger charge is 2.13. The number of carboxylic acids is 1. The third-order valence-corrected chi connectivity index (χ3v) is 3.10. The lowest BCUT2D eigenvalue weighted by atomic mass is 10.2. The zero-order chi connectivity index (χ0) is 14.7. The van der Waals surface area contributed by atoms with Crippen molar-refractivity contribution < 1.29 is 14.7 Å². The quantitative estimate of drug-likeness (QED) is 0.911. The van der Waals surface area contributed by atoms with Gasteiger partial charge in [-0.15, -0.1) is 0 Å². The Hall–Kier alpha value is -2.11. The van der Waals surface area contributed by atoms with Gasteiger partial charge in [-0.25, -0.2) is 4.79 Å². The molecular weight excluding hydrogens is 303 g/mol. The number of amides is 1. The third kappa shape index (κ3) is 3.07. The van der Waals surface area contributed by atoms with Crippen molar-refractivity contribution in [3.63, 3.8) is 0 Å². The summed E-state index contributed by atoms with van der Waals surface area (Å²) in [5.74, 6) is -1.64. The fourth-order valence-corrected chi connectivity index (χ4v) is 1.93. The summed E-state index contributed by atoms with van der Waals surface area (Å²) in [7, 11) is 0. The molecule has 0 unspecified atom stereocenters. The van der Waals surface area contributed by atoms with Gasteiger partial charge in [-0.05, 0) is 24.3 Å². The number of carboxylic acid groups (broad SMARTS) is 1. The van der Waals surface area contributed by atoms with E-state index in [-0.39, 0.29) is 21.2 Å². The van der Waals surface area contributed by atoms with E-state index in [0.29, 0.717) is 5.69 Å². The monoisotopic (exact) mass is 310 g/mol. The van der Waals surface area contributed by atoms with Gasteiger partial charge in [0, 0.05) is 18.1 Å². The van der Waals surface area contributed by atoms with Crippen molar-refractivity contribution in [1.29, 1.82) is 0 Å². The minimum absolute atomic E-state index is 0.0923. The van der Waals surface area contributed by atoms with Crippen LogP contribution in [0.15, 0.2) is 36.7 Å². The van der Waals surface area contributed by atoms with Crippen LogP contribution >= 0.6 is 23.2 Å². The van der Waals surface area contributed by atoms with Gasteiger partial charge in [0.15, 0.2) is 0 Å². The van der Waals surface area contributed by atoms with Crippen LogP contribution in [0.25, 0.3) is 0 Å². The molecule has 0 spiro atoms. The molecule has 0 bridgehead atoms. The Labute approximate surface area is 124 Å². The van der Waals surface area contributed by atoms with Crippen LogP contribution < -0.4 is 5.32 Å². The summed E-state index contributed by atoms with van der Waals surface area (Å²) in [5, 5.41) is 11.8. The number of nitrogens with zero attached hydrogens (tertiary/aromatic N) is 1. The molecule has 2 rings (SSSR count). The highest BCUT2D eigenvalue weighted by molar-refractivity contribution is 6.34. The minimum atomic E-state index is -1.17. The van der Waals surface area contributed by atoms with Crippen molar-refractivity contribution in [3.05, 3.63) is 57.8 Å². The first kappa shape index (κ1) is 14.3. The highest BCUT2D eigenvalue weighted by atomic mass is 35.5. The van der Waals surface area contributed by atoms with Crippen LogP contribution in [0.4, 0.5) is 5.69 Å². The molecule has 102 valence electrons. The Morgan fingerprint density at radius 1 is 1.10 bits per heavy atom. The van der Waals surface area contributed by atoms with Crippen molar-refractivity contribution in [3.8, 4) is 0 Å². The molecule has 0 radical (unpaired) electrons. The molecule has 1 aromatic heterocycles. The van der Waals surface area contributed by atoms with Crippen molar-refractivity contribution in [2.24, 2.45) is 0 Å². The van der Waals surface area contributed by atoms with E-state index in [2.05, 4.69) is 10.3 Å². The topological polar surface area (TPSA) is 79.3 Å². The molecule has 2 N–H and O–H groups in total. The smallest absolute Gasteiger partial charge is 0.337 e. The van der Waals surface area contributed by atoms with Crippen LogP contribution in [0.1, 0.15) is 20.7 Å². The number of carbonyl (C=O) groups excluding carboxylic acids is 1. The molecule has 0 atom stereocenters. The Morgan fingerprint density at radius 3 is 2.50 bits per heavy atom. The molecular formula is C13H8Cl2N2O3. The summed E-state index contributed by atoms with van der Waals surface area (Å²) in [6.07, 6.45) is 2.78. The second-order valence-corrected chi connectivity index (χ2v) is 4.62. The van der Waals surface area contributed by atoms with Crippen molar-refractivity contribution in [1.82, 2.24) is 4.98 Å². The normalized spacial score (nSPS) is 10.1. The summed E-state index contributed by atoms with van der Waals surface area (Å²) >= 11 is 11.6. The first-order chi connectivity index (χ1) is 9.49. The van der Waals surface area contributed by atoms with Gasteiger partial charge < -0.3 is 10.4 Å². The lowest BCUT2D eigenvalue weighted by Gasteiger charge is -2.08. The van der Waals surface area contributed by atoms with Crippen molar-refractivity contribution in [2.75, 3.05) is 5.32 Å². The molecule has 0 aliphatic carbocycles. The summed E-state index contributed by atoms with van der Waals surface area (Å²) < 4.78 is 0. The molecule has 5 nitrogen and oxygen atoms in total. The van der Waals surface area contributed by atoms with Gasteiger partial charge in [0.2, 0.25) is 0 Å². The first-order valence-electron chi connectivity index (χ1n) is 5.42. The molecule has 1 heterocycles. The summed E-state index contributed by atoms with van der Waals surface area (Å²) in [6.45, 7) is 0. The highest BCUT2D eigenvalue weighted by Crippen LogP contribution is 2.22. The number of nitrogens with one attached hydrogen (secondary N) is 1. The van der Waals surface area contributed by atoms with Gasteiger partial charge in [-0.1, -0.05) is 23.2 Å². The SMILES string of the molecule is O=C(O)c1cc(NC(=O)c2ccncc2Cl)ccc1Cl. The van der Waals surface area contributed by atoms with Gasteiger partial charge in [0.1, 0.15) is 0 Å². The number of pyridine rings is 1. The second kappa shape index (κ2) is 5.90. The third-order valence-electron chi connectivity index (χ3n) is 2.47. The Kier molecular flexibility index (Phi) is 4.22. The summed E-state index contributed by atoms with van der Waals surface area (Å²) in [6, 6.07) is 5.64. The average Bonchev–Trinajstić information content (AvgIpc) is 2.41. The van der Waals surface area contributed by atoms with Crippen molar-refractivity contribution in [2.45, 2.75) is 0 Å². The van der Waals surface area contributed by atoms with Gasteiger partial charge in [-0.3, -0.25) is 9.78 Å². The lowest BCUT2D eigenvalue weighted by Crippen LogP contribution is -2.13. The number of hydrogen-bond donors (Lipinski definition) is 2. The van der Waals surface area contributed by atoms with Crippen LogP contribution in [-0.2, 0) is 0 Å². The number of aromatic nitrogens is 1. The van der Waals surface area contributed by atoms with E-state index >= 15 is 0 Å². The maximum atomic E-state index is 12.0. The molecule has 0 aliphatic heterocycles. The van der Waals surface area contributed by atoms with Gasteiger partial charge in [-0.2, -0.15) is 0 Å². The fraction of sp³-hybridized carbons (Fsp3) is 0. The molecule has 0 saturated heterocycles. The minimum Gasteiger partial charge on any atom is -0.478 e. The van der Waals surface area contributed by atoms with Crippen LogP contribution in [0.3, 0.4) is 0 Å². The number of carbonyl (C=O) groups is 2. The van der Waals surface area contributed by atoms with Gasteiger partial charge in [0.05, 0.1) is 21.2 Å². The molecule has 0 saturated carbocycles. The largest absolute Gasteiger partial charge is 0.478 e. The number of hydrogen-bond acceptors (Lipinski definition) is 3. The van der Waals surface area contributed by atoms with Gasteiger partial charge in [0.25, 0.3) is 5.91 Å². The van der Waals surface area contributed by atoms with Crippen LogP contribution in [-0.4, -0.2) is 22.0 Å². The van der Waals surface area contributed by atoms with Gasteiger partial charge >= 0.3 is 5.97 Å². The van der Waals surface area contributed by atoms with E-state index in [9.17, 15) is 9.59 Å². The van der Waals surface area contributed by atoms with Crippen LogP contribution in [0.5, 0.6) is 0 Å². The first-order valence-corrected chi connectivity index (χ1v) is 6.18. The number of benzene rings is 1. The van der Waals surface area contributed by atoms with Crippen LogP contribution in [0, 0.1) is 0 Å². The molecule has 20 heavy (non-hydrogen) atoms. The summed E-state index contributed by atoms with van der Waals surface area (Å²) in [5.41, 5.74) is 0.462. The maximum absolute atomic E-state index is 12.0. The zero-order valence-corrected chi connectivity index (χ0v) is 11.4. The van der Waals surface area contributed by atoms with E-state index in [4.69, 9.17) is 28.3 Å². The lowest BCUT2D eigenvalue weighted by molar-refractivity contribution is 0.0696. The molecule has 0 aliphatic rings. The number of halogens is 2. The Bertz CT molecular complexity index is 689. The van der Waals surface area contributed by atoms with Crippen LogP contribution in [0.2, 0.25) is 10.0 Å². The molecule has 0 fully saturated rings. The standard InChI is InChI=1S/C13H8Cl2N2O3/c14-10-2-1-7(5-9(10)13(19)20)17-12(18)8-3-4-16-6-11(8)15/h1-6H,(H,17,18)(H,19,20). The number of rotatable bonds is 3. The van der Waals surface area contributed by atoms with E-state index in [1.54, 1.807) is 0 Å². The van der Waals surface area contributed by atoms with E-state index < -0.39 is 11.9 Å². The van der Waals surface area contributed by atoms with Crippen molar-refractivity contribution >= 4 is 40.8 Å². The molecule has 1 amide bonds. The molecule has 2 aromatic rings. The summed E-state index contributed by atoms with van der Waals surface area (Å²) in [4.78, 5) is 26.7. The predicted molar refractivity (Wildman–Crippen MR) is 75.6 cm³/mol. The Morgan fingerprint density at radius 2 is 1.85 bits per heavy atom. The molecule has 7 heteroatoms. The van der Waals surface area contributed by atoms with E-state index in [1.165, 1.54) is 36.7 Å². The number of anilines is 1. The zero-order valence-electron chi connectivity index (χ0n) is 9.93. The predicted octanol–water partition coefficient (Wildman–Crippen LogP) is 3.34. The number of aromatic carboxylic acids is 1. The fourth-order valence-electron chi connectivity index (χ4n) is 1.52. The van der Waals surface area contributed by atoms with E-state index in [1.807, 2.05) is 0 Å². The Balaban J connectivity index is 2.27. The second-order valence-electron chi connectivity index (χ2n) is 3.81.